The van der Waals surface area contributed by atoms with Crippen molar-refractivity contribution in [3.8, 4) is 0 Å². The molecule has 3 fully saturated rings. The number of carbonyl (C=O) groups is 1. The Balaban J connectivity index is 1.42. The van der Waals surface area contributed by atoms with Gasteiger partial charge in [0.1, 0.15) is 5.69 Å². The van der Waals surface area contributed by atoms with Crippen LogP contribution in [0, 0.1) is 17.8 Å². The van der Waals surface area contributed by atoms with Gasteiger partial charge in [-0.1, -0.05) is 13.8 Å². The van der Waals surface area contributed by atoms with E-state index in [9.17, 15) is 9.90 Å². The maximum absolute atomic E-state index is 13.4. The van der Waals surface area contributed by atoms with E-state index in [1.807, 2.05) is 22.6 Å². The second-order valence-electron chi connectivity index (χ2n) is 10.1. The van der Waals surface area contributed by atoms with E-state index in [0.717, 1.165) is 69.9 Å². The van der Waals surface area contributed by atoms with Crippen LogP contribution in [-0.2, 0) is 13.0 Å². The van der Waals surface area contributed by atoms with Gasteiger partial charge in [0.05, 0.1) is 11.8 Å². The number of piperazine rings is 1. The van der Waals surface area contributed by atoms with Crippen molar-refractivity contribution in [2.24, 2.45) is 17.8 Å². The third kappa shape index (κ3) is 4.43. The molecule has 0 bridgehead atoms. The Hall–Kier alpha value is -1.44. The predicted octanol–water partition coefficient (Wildman–Crippen LogP) is 1.56. The van der Waals surface area contributed by atoms with Crippen molar-refractivity contribution >= 4 is 5.91 Å². The van der Waals surface area contributed by atoms with Gasteiger partial charge >= 0.3 is 0 Å². The minimum Gasteiger partial charge on any atom is -0.391 e. The van der Waals surface area contributed by atoms with E-state index >= 15 is 0 Å². The van der Waals surface area contributed by atoms with Crippen LogP contribution in [0.3, 0.4) is 0 Å². The molecular formula is C23H39N5O2. The number of aryl methyl sites for hydroxylation is 1. The zero-order valence-electron chi connectivity index (χ0n) is 19.1. The Bertz CT molecular complexity index is 740. The molecular weight excluding hydrogens is 378 g/mol. The van der Waals surface area contributed by atoms with E-state index in [4.69, 9.17) is 0 Å². The number of likely N-dealkylation sites (N-methyl/N-ethyl adjacent to an activating group) is 1. The minimum absolute atomic E-state index is 0.111. The summed E-state index contributed by atoms with van der Waals surface area (Å²) in [7, 11) is 2.17. The maximum atomic E-state index is 13.4. The summed E-state index contributed by atoms with van der Waals surface area (Å²) in [4.78, 5) is 20.2. The Kier molecular flexibility index (Phi) is 6.51. The molecule has 30 heavy (non-hydrogen) atoms. The van der Waals surface area contributed by atoms with Gasteiger partial charge in [-0.15, -0.1) is 0 Å². The maximum Gasteiger partial charge on any atom is 0.272 e. The van der Waals surface area contributed by atoms with Gasteiger partial charge in [0.2, 0.25) is 0 Å². The monoisotopic (exact) mass is 417 g/mol. The number of carbonyl (C=O) groups excluding carboxylic acids is 1. The van der Waals surface area contributed by atoms with Crippen LogP contribution in [-0.4, -0.2) is 94.0 Å². The molecule has 0 radical (unpaired) electrons. The molecule has 4 atom stereocenters. The summed E-state index contributed by atoms with van der Waals surface area (Å²) in [6, 6.07) is 2.24. The number of fused-ring (bicyclic) bond motifs is 1. The van der Waals surface area contributed by atoms with Gasteiger partial charge in [-0.25, -0.2) is 0 Å². The number of amides is 1. The Morgan fingerprint density at radius 3 is 2.47 bits per heavy atom. The molecule has 4 rings (SSSR count). The normalized spacial score (nSPS) is 30.8. The van der Waals surface area contributed by atoms with Crippen LogP contribution < -0.4 is 0 Å². The first-order valence-corrected chi connectivity index (χ1v) is 11.8. The average Bonchev–Trinajstić information content (AvgIpc) is 3.30. The van der Waals surface area contributed by atoms with Gasteiger partial charge in [-0.3, -0.25) is 14.4 Å². The Labute approximate surface area is 181 Å². The first kappa shape index (κ1) is 21.8. The number of aromatic nitrogens is 2. The molecule has 0 unspecified atom stereocenters. The van der Waals surface area contributed by atoms with E-state index in [1.54, 1.807) is 0 Å². The second-order valence-corrected chi connectivity index (χ2v) is 10.1. The molecule has 2 aliphatic heterocycles. The van der Waals surface area contributed by atoms with Crippen LogP contribution in [0.5, 0.6) is 0 Å². The van der Waals surface area contributed by atoms with Gasteiger partial charge in [-0.05, 0) is 57.1 Å². The second kappa shape index (κ2) is 8.97. The Morgan fingerprint density at radius 1 is 1.17 bits per heavy atom. The highest BCUT2D eigenvalue weighted by Gasteiger charge is 2.45. The summed E-state index contributed by atoms with van der Waals surface area (Å²) in [5, 5.41) is 15.5. The summed E-state index contributed by atoms with van der Waals surface area (Å²) in [6.07, 6.45) is 2.45. The van der Waals surface area contributed by atoms with Crippen LogP contribution in [0.25, 0.3) is 0 Å². The smallest absolute Gasteiger partial charge is 0.272 e. The van der Waals surface area contributed by atoms with Crippen LogP contribution in [0.1, 0.15) is 49.8 Å². The SMILES string of the molecule is CCn1nc(CC(C)C)cc1C(=O)N1C[C@H]2C[C@@H](N3CCN(C)CC3)[C@H](O)C[C@H]2C1. The summed E-state index contributed by atoms with van der Waals surface area (Å²) < 4.78 is 1.86. The number of likely N-dealkylation sites (tertiary alicyclic amines) is 1. The van der Waals surface area contributed by atoms with E-state index < -0.39 is 0 Å². The van der Waals surface area contributed by atoms with E-state index in [1.165, 1.54) is 0 Å². The standard InChI is InChI=1S/C23H39N5O2/c1-5-28-21(13-19(24-28)10-16(2)3)23(30)27-14-17-11-20(22(29)12-18(17)15-27)26-8-6-25(4)7-9-26/h13,16-18,20,22,29H,5-12,14-15H2,1-4H3/t17-,18+,20-,22-/m1/s1. The highest BCUT2D eigenvalue weighted by Crippen LogP contribution is 2.39. The van der Waals surface area contributed by atoms with E-state index in [2.05, 4.69) is 35.8 Å². The van der Waals surface area contributed by atoms with Crippen LogP contribution in [0.4, 0.5) is 0 Å². The molecule has 7 heteroatoms. The first-order valence-electron chi connectivity index (χ1n) is 11.8. The van der Waals surface area contributed by atoms with Crippen molar-refractivity contribution in [1.29, 1.82) is 0 Å². The number of hydrogen-bond donors (Lipinski definition) is 1. The number of aliphatic hydroxyl groups is 1. The molecule has 2 saturated heterocycles. The summed E-state index contributed by atoms with van der Waals surface area (Å²) in [5.41, 5.74) is 1.74. The van der Waals surface area contributed by atoms with Crippen molar-refractivity contribution in [1.82, 2.24) is 24.5 Å². The molecule has 1 N–H and O–H groups in total. The molecule has 1 amide bonds. The summed E-state index contributed by atoms with van der Waals surface area (Å²) >= 11 is 0. The fraction of sp³-hybridized carbons (Fsp3) is 0.826. The van der Waals surface area contributed by atoms with Crippen molar-refractivity contribution in [2.75, 3.05) is 46.3 Å². The quantitative estimate of drug-likeness (QED) is 0.788. The molecule has 3 aliphatic rings. The van der Waals surface area contributed by atoms with Gasteiger partial charge in [-0.2, -0.15) is 5.10 Å². The van der Waals surface area contributed by atoms with Gasteiger partial charge < -0.3 is 14.9 Å². The molecule has 168 valence electrons. The van der Waals surface area contributed by atoms with Crippen LogP contribution in [0.15, 0.2) is 6.07 Å². The van der Waals surface area contributed by atoms with Crippen LogP contribution in [0.2, 0.25) is 0 Å². The number of aliphatic hydroxyl groups excluding tert-OH is 1. The van der Waals surface area contributed by atoms with Gasteiger partial charge in [0.15, 0.2) is 0 Å². The largest absolute Gasteiger partial charge is 0.391 e. The lowest BCUT2D eigenvalue weighted by atomic mass is 9.77. The highest BCUT2D eigenvalue weighted by atomic mass is 16.3. The lowest BCUT2D eigenvalue weighted by Gasteiger charge is -2.44. The fourth-order valence-corrected chi connectivity index (χ4v) is 5.68. The molecule has 1 aromatic rings. The highest BCUT2D eigenvalue weighted by molar-refractivity contribution is 5.93. The number of hydrogen-bond acceptors (Lipinski definition) is 5. The van der Waals surface area contributed by atoms with Crippen molar-refractivity contribution in [3.63, 3.8) is 0 Å². The number of rotatable bonds is 5. The molecule has 3 heterocycles. The fourth-order valence-electron chi connectivity index (χ4n) is 5.68. The van der Waals surface area contributed by atoms with Gasteiger partial charge in [0.25, 0.3) is 5.91 Å². The Morgan fingerprint density at radius 2 is 1.83 bits per heavy atom. The third-order valence-corrected chi connectivity index (χ3v) is 7.37. The van der Waals surface area contributed by atoms with Crippen molar-refractivity contribution in [3.05, 3.63) is 17.5 Å². The van der Waals surface area contributed by atoms with Crippen molar-refractivity contribution < 1.29 is 9.90 Å². The van der Waals surface area contributed by atoms with E-state index in [-0.39, 0.29) is 18.1 Å². The lowest BCUT2D eigenvalue weighted by Crippen LogP contribution is -2.55. The minimum atomic E-state index is -0.275. The number of nitrogens with zero attached hydrogens (tertiary/aromatic N) is 5. The first-order chi connectivity index (χ1) is 14.4. The molecule has 0 aromatic carbocycles. The molecule has 1 aliphatic carbocycles. The third-order valence-electron chi connectivity index (χ3n) is 7.37. The average molecular weight is 418 g/mol. The lowest BCUT2D eigenvalue weighted by molar-refractivity contribution is -0.0249. The van der Waals surface area contributed by atoms with Gasteiger partial charge in [0, 0.05) is 51.9 Å². The summed E-state index contributed by atoms with van der Waals surface area (Å²) in [5.74, 6) is 1.55. The summed E-state index contributed by atoms with van der Waals surface area (Å²) in [6.45, 7) is 12.9. The molecule has 1 aromatic heterocycles. The molecule has 0 spiro atoms. The van der Waals surface area contributed by atoms with Crippen molar-refractivity contribution in [2.45, 2.75) is 58.7 Å². The molecule has 7 nitrogen and oxygen atoms in total. The van der Waals surface area contributed by atoms with Crippen LogP contribution >= 0.6 is 0 Å². The zero-order valence-corrected chi connectivity index (χ0v) is 19.1. The topological polar surface area (TPSA) is 64.8 Å². The van der Waals surface area contributed by atoms with E-state index in [0.29, 0.717) is 24.3 Å². The molecule has 1 saturated carbocycles. The predicted molar refractivity (Wildman–Crippen MR) is 117 cm³/mol. The zero-order chi connectivity index (χ0) is 21.4.